The Morgan fingerprint density at radius 2 is 1.53 bits per heavy atom. The number of hydrogen-bond acceptors (Lipinski definition) is 6. The Morgan fingerprint density at radius 1 is 0.882 bits per heavy atom. The van der Waals surface area contributed by atoms with Gasteiger partial charge in [-0.1, -0.05) is 30.3 Å². The lowest BCUT2D eigenvalue weighted by Gasteiger charge is -2.34. The molecule has 0 N–H and O–H groups in total. The number of benzene rings is 2. The summed E-state index contributed by atoms with van der Waals surface area (Å²) in [6.07, 6.45) is 0.807. The molecule has 0 spiro atoms. The Kier molecular flexibility index (Phi) is 7.05. The van der Waals surface area contributed by atoms with Crippen molar-refractivity contribution in [3.63, 3.8) is 0 Å². The number of sulfonamides is 1. The van der Waals surface area contributed by atoms with Crippen LogP contribution < -0.4 is 0 Å². The Balaban J connectivity index is 1.26. The predicted octanol–water partition coefficient (Wildman–Crippen LogP) is 1.81. The summed E-state index contributed by atoms with van der Waals surface area (Å²) in [5.74, 6) is -0.364. The number of hydrogen-bond donors (Lipinski definition) is 0. The largest absolute Gasteiger partial charge is 0.340 e. The Hall–Kier alpha value is -3.55. The Labute approximate surface area is 198 Å². The van der Waals surface area contributed by atoms with Gasteiger partial charge in [-0.05, 0) is 29.8 Å². The molecule has 0 radical (unpaired) electrons. The smallest absolute Gasteiger partial charge is 0.243 e. The normalized spacial score (nSPS) is 16.7. The Morgan fingerprint density at radius 3 is 2.18 bits per heavy atom. The number of amides is 2. The standard InChI is InChI=1S/C24H25N5O4S/c25-18-19-6-8-21(9-7-19)34(32,33)28-16-14-27(15-17-28)23(30)10-11-24(31)29-13-12-22(26-29)20-4-2-1-3-5-20/h1-9H,10-17H2. The van der Waals surface area contributed by atoms with E-state index in [9.17, 15) is 18.0 Å². The molecule has 176 valence electrons. The van der Waals surface area contributed by atoms with E-state index in [2.05, 4.69) is 5.10 Å². The zero-order valence-electron chi connectivity index (χ0n) is 18.6. The predicted molar refractivity (Wildman–Crippen MR) is 125 cm³/mol. The van der Waals surface area contributed by atoms with E-state index >= 15 is 0 Å². The van der Waals surface area contributed by atoms with Gasteiger partial charge in [0.25, 0.3) is 0 Å². The molecule has 2 amide bonds. The van der Waals surface area contributed by atoms with Crippen molar-refractivity contribution in [2.24, 2.45) is 5.10 Å². The van der Waals surface area contributed by atoms with Gasteiger partial charge in [0.15, 0.2) is 0 Å². The van der Waals surface area contributed by atoms with Gasteiger partial charge in [-0.15, -0.1) is 0 Å². The maximum absolute atomic E-state index is 12.8. The molecule has 0 unspecified atom stereocenters. The minimum absolute atomic E-state index is 0.0634. The zero-order chi connectivity index (χ0) is 24.1. The van der Waals surface area contributed by atoms with Crippen LogP contribution in [0.3, 0.4) is 0 Å². The maximum atomic E-state index is 12.8. The van der Waals surface area contributed by atoms with Crippen molar-refractivity contribution in [1.82, 2.24) is 14.2 Å². The van der Waals surface area contributed by atoms with Crippen LogP contribution in [0.25, 0.3) is 0 Å². The quantitative estimate of drug-likeness (QED) is 0.627. The highest BCUT2D eigenvalue weighted by Gasteiger charge is 2.30. The van der Waals surface area contributed by atoms with Crippen molar-refractivity contribution in [1.29, 1.82) is 5.26 Å². The molecule has 0 bridgehead atoms. The first-order valence-electron chi connectivity index (χ1n) is 11.1. The summed E-state index contributed by atoms with van der Waals surface area (Å²) in [6, 6.07) is 17.4. The van der Waals surface area contributed by atoms with Crippen LogP contribution in [0.15, 0.2) is 64.6 Å². The zero-order valence-corrected chi connectivity index (χ0v) is 19.4. The van der Waals surface area contributed by atoms with E-state index in [4.69, 9.17) is 5.26 Å². The molecule has 2 aromatic carbocycles. The third-order valence-electron chi connectivity index (χ3n) is 5.96. The van der Waals surface area contributed by atoms with E-state index in [1.807, 2.05) is 36.4 Å². The van der Waals surface area contributed by atoms with Crippen molar-refractivity contribution < 1.29 is 18.0 Å². The molecule has 2 aliphatic rings. The summed E-state index contributed by atoms with van der Waals surface area (Å²) in [5.41, 5.74) is 2.24. The first kappa shape index (κ1) is 23.6. The summed E-state index contributed by atoms with van der Waals surface area (Å²) in [6.45, 7) is 1.39. The molecule has 0 aromatic heterocycles. The summed E-state index contributed by atoms with van der Waals surface area (Å²) in [4.78, 5) is 26.9. The van der Waals surface area contributed by atoms with Crippen LogP contribution >= 0.6 is 0 Å². The third kappa shape index (κ3) is 5.16. The van der Waals surface area contributed by atoms with Gasteiger partial charge in [-0.2, -0.15) is 14.7 Å². The van der Waals surface area contributed by atoms with E-state index in [0.717, 1.165) is 11.3 Å². The number of carbonyl (C=O) groups is 2. The molecule has 1 saturated heterocycles. The van der Waals surface area contributed by atoms with Gasteiger partial charge in [0.1, 0.15) is 0 Å². The van der Waals surface area contributed by atoms with Crippen LogP contribution in [-0.2, 0) is 19.6 Å². The van der Waals surface area contributed by atoms with E-state index in [1.165, 1.54) is 33.6 Å². The number of nitrogens with zero attached hydrogens (tertiary/aromatic N) is 5. The van der Waals surface area contributed by atoms with E-state index in [0.29, 0.717) is 18.5 Å². The first-order chi connectivity index (χ1) is 16.4. The molecule has 9 nitrogen and oxygen atoms in total. The Bertz CT molecular complexity index is 1230. The van der Waals surface area contributed by atoms with Gasteiger partial charge in [-0.3, -0.25) is 9.59 Å². The van der Waals surface area contributed by atoms with Crippen molar-refractivity contribution in [3.8, 4) is 6.07 Å². The second-order valence-electron chi connectivity index (χ2n) is 8.10. The second-order valence-corrected chi connectivity index (χ2v) is 10.0. The number of nitriles is 1. The van der Waals surface area contributed by atoms with Gasteiger partial charge in [0.2, 0.25) is 21.8 Å². The van der Waals surface area contributed by atoms with Crippen molar-refractivity contribution in [3.05, 3.63) is 65.7 Å². The van der Waals surface area contributed by atoms with Gasteiger partial charge in [0.05, 0.1) is 28.8 Å². The number of hydrazone groups is 1. The van der Waals surface area contributed by atoms with Gasteiger partial charge >= 0.3 is 0 Å². The third-order valence-corrected chi connectivity index (χ3v) is 7.87. The van der Waals surface area contributed by atoms with E-state index in [1.54, 1.807) is 4.90 Å². The molecule has 0 saturated carbocycles. The molecule has 0 aliphatic carbocycles. The highest BCUT2D eigenvalue weighted by atomic mass is 32.2. The molecule has 1 fully saturated rings. The van der Waals surface area contributed by atoms with Crippen LogP contribution in [0.4, 0.5) is 0 Å². The number of rotatable bonds is 6. The molecule has 34 heavy (non-hydrogen) atoms. The lowest BCUT2D eigenvalue weighted by molar-refractivity contribution is -0.137. The van der Waals surface area contributed by atoms with Crippen LogP contribution in [0.5, 0.6) is 0 Å². The monoisotopic (exact) mass is 479 g/mol. The van der Waals surface area contributed by atoms with Gasteiger partial charge in [0, 0.05) is 45.4 Å². The molecule has 10 heteroatoms. The minimum atomic E-state index is -3.69. The van der Waals surface area contributed by atoms with Crippen molar-refractivity contribution in [2.75, 3.05) is 32.7 Å². The second kappa shape index (κ2) is 10.2. The highest BCUT2D eigenvalue weighted by Crippen LogP contribution is 2.19. The molecule has 2 heterocycles. The number of piperazine rings is 1. The summed E-state index contributed by atoms with van der Waals surface area (Å²) < 4.78 is 27.0. The fraction of sp³-hybridized carbons (Fsp3) is 0.333. The highest BCUT2D eigenvalue weighted by molar-refractivity contribution is 7.89. The fourth-order valence-electron chi connectivity index (χ4n) is 4.00. The molecule has 2 aromatic rings. The van der Waals surface area contributed by atoms with Crippen LogP contribution in [-0.4, -0.2) is 72.9 Å². The van der Waals surface area contributed by atoms with Crippen LogP contribution in [0.1, 0.15) is 30.4 Å². The van der Waals surface area contributed by atoms with E-state index < -0.39 is 10.0 Å². The minimum Gasteiger partial charge on any atom is -0.340 e. The molecular formula is C24H25N5O4S. The fourth-order valence-corrected chi connectivity index (χ4v) is 5.42. The van der Waals surface area contributed by atoms with Crippen LogP contribution in [0.2, 0.25) is 0 Å². The average molecular weight is 480 g/mol. The maximum Gasteiger partial charge on any atom is 0.243 e. The molecule has 2 aliphatic heterocycles. The first-order valence-corrected chi connectivity index (χ1v) is 12.5. The van der Waals surface area contributed by atoms with Crippen molar-refractivity contribution in [2.45, 2.75) is 24.2 Å². The van der Waals surface area contributed by atoms with Gasteiger partial charge < -0.3 is 4.90 Å². The molecule has 4 rings (SSSR count). The van der Waals surface area contributed by atoms with Crippen LogP contribution in [0, 0.1) is 11.3 Å². The average Bonchev–Trinajstić information content (AvgIpc) is 3.38. The molecular weight excluding hydrogens is 454 g/mol. The van der Waals surface area contributed by atoms with E-state index in [-0.39, 0.29) is 55.7 Å². The SMILES string of the molecule is N#Cc1ccc(S(=O)(=O)N2CCN(C(=O)CCC(=O)N3CCC(c4ccccc4)=N3)CC2)cc1. The lowest BCUT2D eigenvalue weighted by atomic mass is 10.1. The topological polar surface area (TPSA) is 114 Å². The summed E-state index contributed by atoms with van der Waals surface area (Å²) in [5, 5.41) is 14.7. The lowest BCUT2D eigenvalue weighted by Crippen LogP contribution is -2.50. The van der Waals surface area contributed by atoms with Crippen molar-refractivity contribution >= 4 is 27.5 Å². The number of carbonyl (C=O) groups excluding carboxylic acids is 2. The summed E-state index contributed by atoms with van der Waals surface area (Å²) in [7, 11) is -3.69. The molecule has 0 atom stereocenters. The summed E-state index contributed by atoms with van der Waals surface area (Å²) >= 11 is 0. The van der Waals surface area contributed by atoms with Gasteiger partial charge in [-0.25, -0.2) is 13.4 Å².